The van der Waals surface area contributed by atoms with Crippen molar-refractivity contribution in [3.8, 4) is 5.75 Å². The molecule has 1 aliphatic carbocycles. The number of hydrogen-bond acceptors (Lipinski definition) is 4. The number of phenols is 1. The van der Waals surface area contributed by atoms with Crippen LogP contribution in [0.3, 0.4) is 0 Å². The van der Waals surface area contributed by atoms with Crippen LogP contribution in [0.4, 0.5) is 5.69 Å². The molecule has 0 amide bonds. The Hall–Kier alpha value is -1.27. The van der Waals surface area contributed by atoms with Crippen LogP contribution in [0.5, 0.6) is 5.75 Å². The number of aromatic hydroxyl groups is 1. The van der Waals surface area contributed by atoms with Crippen molar-refractivity contribution in [2.75, 3.05) is 5.73 Å². The zero-order valence-corrected chi connectivity index (χ0v) is 11.6. The molecule has 6 heteroatoms. The number of nitrogens with one attached hydrogen (secondary N) is 1. The molecule has 19 heavy (non-hydrogen) atoms. The largest absolute Gasteiger partial charge is 0.508 e. The summed E-state index contributed by atoms with van der Waals surface area (Å²) in [6, 6.07) is 4.63. The maximum absolute atomic E-state index is 12.1. The Bertz CT molecular complexity index is 537. The van der Waals surface area contributed by atoms with Gasteiger partial charge in [0, 0.05) is 17.8 Å². The Morgan fingerprint density at radius 3 is 2.63 bits per heavy atom. The molecule has 0 saturated heterocycles. The Labute approximate surface area is 113 Å². The molecule has 106 valence electrons. The number of benzene rings is 1. The summed E-state index contributed by atoms with van der Waals surface area (Å²) < 4.78 is 26.8. The minimum Gasteiger partial charge on any atom is -0.508 e. The highest BCUT2D eigenvalue weighted by Gasteiger charge is 2.26. The van der Waals surface area contributed by atoms with E-state index in [1.165, 1.54) is 6.07 Å². The summed E-state index contributed by atoms with van der Waals surface area (Å²) in [7, 11) is -3.31. The first-order chi connectivity index (χ1) is 8.99. The summed E-state index contributed by atoms with van der Waals surface area (Å²) in [6.45, 7) is 0.0791. The van der Waals surface area contributed by atoms with Gasteiger partial charge in [-0.05, 0) is 31.0 Å². The molecule has 1 aromatic rings. The Morgan fingerprint density at radius 2 is 1.95 bits per heavy atom. The SMILES string of the molecule is Nc1ccc(O)c(CNS(=O)(=O)C2CCCCC2)c1. The van der Waals surface area contributed by atoms with E-state index in [-0.39, 0.29) is 17.5 Å². The van der Waals surface area contributed by atoms with Gasteiger partial charge >= 0.3 is 0 Å². The van der Waals surface area contributed by atoms with Crippen molar-refractivity contribution in [3.05, 3.63) is 23.8 Å². The van der Waals surface area contributed by atoms with E-state index in [1.807, 2.05) is 0 Å². The predicted molar refractivity (Wildman–Crippen MR) is 75.2 cm³/mol. The minimum atomic E-state index is -3.31. The third-order valence-corrected chi connectivity index (χ3v) is 5.45. The van der Waals surface area contributed by atoms with Crippen molar-refractivity contribution >= 4 is 15.7 Å². The van der Waals surface area contributed by atoms with E-state index in [0.29, 0.717) is 11.3 Å². The normalized spacial score (nSPS) is 17.5. The minimum absolute atomic E-state index is 0.0561. The molecule has 5 nitrogen and oxygen atoms in total. The van der Waals surface area contributed by atoms with E-state index in [0.717, 1.165) is 32.1 Å². The highest BCUT2D eigenvalue weighted by Crippen LogP contribution is 2.24. The first kappa shape index (κ1) is 14.1. The van der Waals surface area contributed by atoms with Crippen LogP contribution in [0.15, 0.2) is 18.2 Å². The van der Waals surface area contributed by atoms with Crippen molar-refractivity contribution in [1.29, 1.82) is 0 Å². The highest BCUT2D eigenvalue weighted by atomic mass is 32.2. The van der Waals surface area contributed by atoms with E-state index in [2.05, 4.69) is 4.72 Å². The molecule has 0 heterocycles. The van der Waals surface area contributed by atoms with Crippen LogP contribution in [0.25, 0.3) is 0 Å². The zero-order valence-electron chi connectivity index (χ0n) is 10.8. The van der Waals surface area contributed by atoms with Crippen molar-refractivity contribution in [2.45, 2.75) is 43.9 Å². The molecule has 0 unspecified atom stereocenters. The van der Waals surface area contributed by atoms with Gasteiger partial charge in [-0.25, -0.2) is 13.1 Å². The number of nitrogens with two attached hydrogens (primary N) is 1. The first-order valence-electron chi connectivity index (χ1n) is 6.55. The van der Waals surface area contributed by atoms with Crippen LogP contribution in [-0.2, 0) is 16.6 Å². The van der Waals surface area contributed by atoms with Crippen LogP contribution in [-0.4, -0.2) is 18.8 Å². The molecule has 0 bridgehead atoms. The fraction of sp³-hybridized carbons (Fsp3) is 0.538. The van der Waals surface area contributed by atoms with Gasteiger partial charge in [-0.1, -0.05) is 19.3 Å². The number of phenolic OH excluding ortho intramolecular Hbond substituents is 1. The van der Waals surface area contributed by atoms with E-state index in [4.69, 9.17) is 5.73 Å². The van der Waals surface area contributed by atoms with E-state index in [9.17, 15) is 13.5 Å². The number of rotatable bonds is 4. The van der Waals surface area contributed by atoms with Gasteiger partial charge in [-0.15, -0.1) is 0 Å². The summed E-state index contributed by atoms with van der Waals surface area (Å²) in [5, 5.41) is 9.35. The quantitative estimate of drug-likeness (QED) is 0.580. The van der Waals surface area contributed by atoms with Crippen LogP contribution in [0.1, 0.15) is 37.7 Å². The lowest BCUT2D eigenvalue weighted by molar-refractivity contribution is 0.464. The van der Waals surface area contributed by atoms with Gasteiger partial charge in [0.15, 0.2) is 0 Å². The van der Waals surface area contributed by atoms with Crippen molar-refractivity contribution < 1.29 is 13.5 Å². The molecule has 0 aliphatic heterocycles. The van der Waals surface area contributed by atoms with Crippen LogP contribution in [0.2, 0.25) is 0 Å². The van der Waals surface area contributed by atoms with Crippen molar-refractivity contribution in [2.24, 2.45) is 0 Å². The average molecular weight is 284 g/mol. The van der Waals surface area contributed by atoms with Gasteiger partial charge < -0.3 is 10.8 Å². The summed E-state index contributed by atoms with van der Waals surface area (Å²) in [6.07, 6.45) is 4.49. The van der Waals surface area contributed by atoms with Gasteiger partial charge in [-0.3, -0.25) is 0 Å². The lowest BCUT2D eigenvalue weighted by Gasteiger charge is -2.22. The third kappa shape index (κ3) is 3.61. The number of anilines is 1. The predicted octanol–water partition coefficient (Wildman–Crippen LogP) is 1.73. The van der Waals surface area contributed by atoms with Gasteiger partial charge in [0.2, 0.25) is 10.0 Å². The molecular weight excluding hydrogens is 264 g/mol. The fourth-order valence-corrected chi connectivity index (χ4v) is 3.96. The van der Waals surface area contributed by atoms with Crippen molar-refractivity contribution in [3.63, 3.8) is 0 Å². The van der Waals surface area contributed by atoms with Gasteiger partial charge in [0.05, 0.1) is 5.25 Å². The molecule has 1 fully saturated rings. The monoisotopic (exact) mass is 284 g/mol. The molecule has 0 atom stereocenters. The van der Waals surface area contributed by atoms with E-state index < -0.39 is 10.0 Å². The Kier molecular flexibility index (Phi) is 4.31. The van der Waals surface area contributed by atoms with E-state index >= 15 is 0 Å². The van der Waals surface area contributed by atoms with E-state index in [1.54, 1.807) is 12.1 Å². The van der Waals surface area contributed by atoms with Crippen LogP contribution >= 0.6 is 0 Å². The molecule has 1 aromatic carbocycles. The van der Waals surface area contributed by atoms with Gasteiger partial charge in [0.25, 0.3) is 0 Å². The number of hydrogen-bond donors (Lipinski definition) is 3. The third-order valence-electron chi connectivity index (χ3n) is 3.56. The molecule has 2 rings (SSSR count). The lowest BCUT2D eigenvalue weighted by Crippen LogP contribution is -2.35. The Balaban J connectivity index is 2.02. The van der Waals surface area contributed by atoms with Crippen LogP contribution in [0, 0.1) is 0 Å². The fourth-order valence-electron chi connectivity index (χ4n) is 2.42. The molecule has 1 saturated carbocycles. The summed E-state index contributed by atoms with van der Waals surface area (Å²) in [4.78, 5) is 0. The topological polar surface area (TPSA) is 92.4 Å². The smallest absolute Gasteiger partial charge is 0.214 e. The molecule has 1 aliphatic rings. The molecular formula is C13H20N2O3S. The van der Waals surface area contributed by atoms with Gasteiger partial charge in [0.1, 0.15) is 5.75 Å². The average Bonchev–Trinajstić information content (AvgIpc) is 2.41. The first-order valence-corrected chi connectivity index (χ1v) is 8.09. The summed E-state index contributed by atoms with van der Waals surface area (Å²) in [5.41, 5.74) is 6.63. The molecule has 0 radical (unpaired) electrons. The number of nitrogen functional groups attached to an aromatic ring is 1. The zero-order chi connectivity index (χ0) is 13.9. The van der Waals surface area contributed by atoms with Gasteiger partial charge in [-0.2, -0.15) is 0 Å². The second kappa shape index (κ2) is 5.79. The second-order valence-electron chi connectivity index (χ2n) is 5.01. The van der Waals surface area contributed by atoms with Crippen LogP contribution < -0.4 is 10.5 Å². The second-order valence-corrected chi connectivity index (χ2v) is 7.06. The molecule has 0 spiro atoms. The maximum Gasteiger partial charge on any atom is 0.214 e. The lowest BCUT2D eigenvalue weighted by atomic mass is 10.0. The Morgan fingerprint density at radius 1 is 1.26 bits per heavy atom. The number of sulfonamides is 1. The van der Waals surface area contributed by atoms with Crippen molar-refractivity contribution in [1.82, 2.24) is 4.72 Å². The molecule has 0 aromatic heterocycles. The summed E-state index contributed by atoms with van der Waals surface area (Å²) in [5.74, 6) is 0.0561. The molecule has 4 N–H and O–H groups in total. The summed E-state index contributed by atoms with van der Waals surface area (Å²) >= 11 is 0. The highest BCUT2D eigenvalue weighted by molar-refractivity contribution is 7.90. The standard InChI is InChI=1S/C13H20N2O3S/c14-11-6-7-13(16)10(8-11)9-15-19(17,18)12-4-2-1-3-5-12/h6-8,12,15-16H,1-5,9,14H2. The maximum atomic E-state index is 12.1.